The van der Waals surface area contributed by atoms with E-state index in [2.05, 4.69) is 35.3 Å². The maximum atomic E-state index is 10.8. The lowest BCUT2D eigenvalue weighted by molar-refractivity contribution is -0.133. The Bertz CT molecular complexity index is 592. The number of aliphatic carboxylic acids is 1. The van der Waals surface area contributed by atoms with Crippen molar-refractivity contribution in [3.63, 3.8) is 0 Å². The van der Waals surface area contributed by atoms with Crippen molar-refractivity contribution in [1.82, 2.24) is 19.1 Å². The highest BCUT2D eigenvalue weighted by atomic mass is 32.2. The fourth-order valence-electron chi connectivity index (χ4n) is 2.24. The minimum Gasteiger partial charge on any atom is -0.481 e. The summed E-state index contributed by atoms with van der Waals surface area (Å²) in [6.07, 6.45) is 7.31. The van der Waals surface area contributed by atoms with Crippen LogP contribution >= 0.6 is 11.8 Å². The third kappa shape index (κ3) is 3.87. The molecule has 2 rings (SSSR count). The molecule has 0 saturated heterocycles. The van der Waals surface area contributed by atoms with E-state index in [0.29, 0.717) is 5.92 Å². The Balaban J connectivity index is 2.24. The first-order valence-corrected chi connectivity index (χ1v) is 7.85. The maximum Gasteiger partial charge on any atom is 0.313 e. The summed E-state index contributed by atoms with van der Waals surface area (Å²) in [4.78, 5) is 19.2. The minimum atomic E-state index is -0.831. The smallest absolute Gasteiger partial charge is 0.313 e. The van der Waals surface area contributed by atoms with Crippen LogP contribution in [0.25, 0.3) is 0 Å². The summed E-state index contributed by atoms with van der Waals surface area (Å²) in [5.41, 5.74) is 1.12. The number of aromatic nitrogens is 4. The lowest BCUT2D eigenvalue weighted by atomic mass is 10.1. The second kappa shape index (κ2) is 6.80. The molecule has 2 aromatic rings. The van der Waals surface area contributed by atoms with E-state index >= 15 is 0 Å². The average molecular weight is 308 g/mol. The lowest BCUT2D eigenvalue weighted by Crippen LogP contribution is -2.16. The molecule has 6 nitrogen and oxygen atoms in total. The van der Waals surface area contributed by atoms with Crippen molar-refractivity contribution in [2.75, 3.05) is 5.75 Å². The van der Waals surface area contributed by atoms with Gasteiger partial charge in [0.25, 0.3) is 0 Å². The van der Waals surface area contributed by atoms with Crippen LogP contribution < -0.4 is 0 Å². The summed E-state index contributed by atoms with van der Waals surface area (Å²) < 4.78 is 4.15. The number of imidazole rings is 2. The van der Waals surface area contributed by atoms with Crippen LogP contribution in [0.5, 0.6) is 0 Å². The van der Waals surface area contributed by atoms with E-state index in [-0.39, 0.29) is 11.8 Å². The van der Waals surface area contributed by atoms with Gasteiger partial charge in [-0.15, -0.1) is 0 Å². The summed E-state index contributed by atoms with van der Waals surface area (Å²) in [7, 11) is 0. The van der Waals surface area contributed by atoms with Gasteiger partial charge in [0, 0.05) is 30.8 Å². The number of hydrogen-bond donors (Lipinski definition) is 1. The molecule has 2 aromatic heterocycles. The van der Waals surface area contributed by atoms with Gasteiger partial charge in [-0.1, -0.05) is 25.6 Å². The third-order valence-electron chi connectivity index (χ3n) is 3.18. The molecule has 2 heterocycles. The highest BCUT2D eigenvalue weighted by Gasteiger charge is 2.19. The first kappa shape index (κ1) is 15.6. The molecule has 7 heteroatoms. The molecule has 0 aliphatic carbocycles. The van der Waals surface area contributed by atoms with Crippen molar-refractivity contribution in [3.05, 3.63) is 30.6 Å². The molecule has 21 heavy (non-hydrogen) atoms. The van der Waals surface area contributed by atoms with E-state index in [1.54, 1.807) is 12.5 Å². The van der Waals surface area contributed by atoms with Crippen LogP contribution in [-0.4, -0.2) is 35.9 Å². The van der Waals surface area contributed by atoms with Crippen molar-refractivity contribution < 1.29 is 9.90 Å². The molecule has 0 fully saturated rings. The molecule has 0 saturated carbocycles. The molecule has 0 aliphatic heterocycles. The number of carbonyl (C=O) groups is 1. The fraction of sp³-hybridized carbons (Fsp3) is 0.500. The highest BCUT2D eigenvalue weighted by molar-refractivity contribution is 7.99. The molecule has 1 unspecified atom stereocenters. The monoisotopic (exact) mass is 308 g/mol. The first-order valence-electron chi connectivity index (χ1n) is 6.86. The summed E-state index contributed by atoms with van der Waals surface area (Å²) in [6, 6.07) is 0.176. The predicted molar refractivity (Wildman–Crippen MR) is 81.6 cm³/mol. The summed E-state index contributed by atoms with van der Waals surface area (Å²) in [5, 5.41) is 9.62. The Kier molecular flexibility index (Phi) is 5.06. The number of hydrogen-bond acceptors (Lipinski definition) is 4. The molecule has 0 spiro atoms. The summed E-state index contributed by atoms with van der Waals surface area (Å²) in [6.45, 7) is 7.11. The SMILES string of the molecule is CC(C)c1cnc(SCC(=O)O)n1C(C)Cn1ccnc1. The molecule has 0 bridgehead atoms. The fourth-order valence-corrected chi connectivity index (χ4v) is 3.05. The summed E-state index contributed by atoms with van der Waals surface area (Å²) >= 11 is 1.26. The predicted octanol–water partition coefficient (Wildman–Crippen LogP) is 2.64. The van der Waals surface area contributed by atoms with Crippen LogP contribution in [-0.2, 0) is 11.3 Å². The van der Waals surface area contributed by atoms with Gasteiger partial charge in [-0.3, -0.25) is 4.79 Å². The third-order valence-corrected chi connectivity index (χ3v) is 4.13. The normalized spacial score (nSPS) is 12.8. The molecular formula is C14H20N4O2S. The number of thioether (sulfide) groups is 1. The number of rotatable bonds is 7. The van der Waals surface area contributed by atoms with Gasteiger partial charge >= 0.3 is 5.97 Å². The Morgan fingerprint density at radius 1 is 1.43 bits per heavy atom. The van der Waals surface area contributed by atoms with Crippen molar-refractivity contribution in [2.24, 2.45) is 0 Å². The Labute approximate surface area is 128 Å². The van der Waals surface area contributed by atoms with Gasteiger partial charge in [0.15, 0.2) is 5.16 Å². The minimum absolute atomic E-state index is 0.0202. The molecule has 1 atom stereocenters. The number of nitrogens with zero attached hydrogens (tertiary/aromatic N) is 4. The van der Waals surface area contributed by atoms with Crippen molar-refractivity contribution in [2.45, 2.75) is 44.4 Å². The Morgan fingerprint density at radius 2 is 2.19 bits per heavy atom. The number of carboxylic acids is 1. The van der Waals surface area contributed by atoms with Crippen LogP contribution in [0.4, 0.5) is 0 Å². The molecule has 0 radical (unpaired) electrons. The van der Waals surface area contributed by atoms with E-state index < -0.39 is 5.97 Å². The van der Waals surface area contributed by atoms with Gasteiger partial charge in [-0.2, -0.15) is 0 Å². The van der Waals surface area contributed by atoms with Gasteiger partial charge < -0.3 is 14.2 Å². The van der Waals surface area contributed by atoms with Crippen LogP contribution in [0.3, 0.4) is 0 Å². The van der Waals surface area contributed by atoms with E-state index in [9.17, 15) is 4.79 Å². The zero-order valence-corrected chi connectivity index (χ0v) is 13.2. The second-order valence-corrected chi connectivity index (χ2v) is 6.22. The average Bonchev–Trinajstić information content (AvgIpc) is 3.04. The van der Waals surface area contributed by atoms with Gasteiger partial charge in [0.2, 0.25) is 0 Å². The molecule has 0 aromatic carbocycles. The van der Waals surface area contributed by atoms with Gasteiger partial charge in [0.05, 0.1) is 18.1 Å². The molecule has 0 amide bonds. The Hall–Kier alpha value is -1.76. The van der Waals surface area contributed by atoms with E-state index in [0.717, 1.165) is 17.4 Å². The van der Waals surface area contributed by atoms with Crippen LogP contribution in [0, 0.1) is 0 Å². The highest BCUT2D eigenvalue weighted by Crippen LogP contribution is 2.28. The lowest BCUT2D eigenvalue weighted by Gasteiger charge is -2.21. The Morgan fingerprint density at radius 3 is 2.76 bits per heavy atom. The van der Waals surface area contributed by atoms with Crippen molar-refractivity contribution in [3.8, 4) is 0 Å². The van der Waals surface area contributed by atoms with E-state index in [4.69, 9.17) is 5.11 Å². The van der Waals surface area contributed by atoms with Gasteiger partial charge in [-0.05, 0) is 12.8 Å². The maximum absolute atomic E-state index is 10.8. The van der Waals surface area contributed by atoms with Gasteiger partial charge in [0.1, 0.15) is 0 Å². The second-order valence-electron chi connectivity index (χ2n) is 5.28. The van der Waals surface area contributed by atoms with Crippen molar-refractivity contribution in [1.29, 1.82) is 0 Å². The van der Waals surface area contributed by atoms with Crippen LogP contribution in [0.15, 0.2) is 30.1 Å². The molecule has 0 aliphatic rings. The topological polar surface area (TPSA) is 72.9 Å². The molecule has 114 valence electrons. The molecular weight excluding hydrogens is 288 g/mol. The van der Waals surface area contributed by atoms with E-state index in [1.165, 1.54) is 11.8 Å². The van der Waals surface area contributed by atoms with Crippen LogP contribution in [0.2, 0.25) is 0 Å². The quantitative estimate of drug-likeness (QED) is 0.796. The zero-order chi connectivity index (χ0) is 15.4. The van der Waals surface area contributed by atoms with Gasteiger partial charge in [-0.25, -0.2) is 9.97 Å². The first-order chi connectivity index (χ1) is 9.99. The van der Waals surface area contributed by atoms with Crippen LogP contribution in [0.1, 0.15) is 38.4 Å². The zero-order valence-electron chi connectivity index (χ0n) is 12.4. The largest absolute Gasteiger partial charge is 0.481 e. The van der Waals surface area contributed by atoms with E-state index in [1.807, 2.05) is 17.0 Å². The standard InChI is InChI=1S/C14H20N4O2S/c1-10(2)12-6-16-14(21-8-13(19)20)18(12)11(3)7-17-5-4-15-9-17/h4-6,9-11H,7-8H2,1-3H3,(H,19,20). The summed E-state index contributed by atoms with van der Waals surface area (Å²) in [5.74, 6) is -0.475. The number of carboxylic acid groups (broad SMARTS) is 1. The molecule has 1 N–H and O–H groups in total. The van der Waals surface area contributed by atoms with Crippen molar-refractivity contribution >= 4 is 17.7 Å².